The molecular formula is C24H24BrF2N2O8PS. The highest BCUT2D eigenvalue weighted by Gasteiger charge is 2.62. The molecule has 0 bridgehead atoms. The van der Waals surface area contributed by atoms with E-state index >= 15 is 8.78 Å². The normalized spacial score (nSPS) is 14.3. The number of sulfone groups is 1. The van der Waals surface area contributed by atoms with Gasteiger partial charge in [0.15, 0.2) is 9.84 Å². The van der Waals surface area contributed by atoms with Gasteiger partial charge in [-0.1, -0.05) is 40.2 Å². The van der Waals surface area contributed by atoms with E-state index in [-0.39, 0.29) is 15.9 Å². The third-order valence-corrected chi connectivity index (χ3v) is 7.67. The number of nitrogens with zero attached hydrogens (tertiary/aromatic N) is 1. The number of halogens is 3. The molecule has 0 saturated heterocycles. The summed E-state index contributed by atoms with van der Waals surface area (Å²) in [5.41, 5.74) is -1.32. The lowest BCUT2D eigenvalue weighted by Gasteiger charge is -2.34. The predicted molar refractivity (Wildman–Crippen MR) is 140 cm³/mol. The standard InChI is InChI=1S/C24H24BrF2N2O8PS/c1-22(2,3)20(30)36-24(32,37-38-33)23(26,27)17-10-5-14(11-18(17)25)13-29-19(12-28-21(29)31)15-6-8-16(9-7-15)39(4,34)35/h5-12,32H,13H2,1-4H3,(H,28,31). The molecule has 210 valence electrons. The van der Waals surface area contributed by atoms with Gasteiger partial charge in [0.1, 0.15) is 0 Å². The number of hydrogen-bond acceptors (Lipinski definition) is 8. The number of hydrogen-bond donors (Lipinski definition) is 2. The van der Waals surface area contributed by atoms with Crippen LogP contribution in [0.15, 0.2) is 62.8 Å². The maximum atomic E-state index is 15.4. The number of carbonyl (C=O) groups excluding carboxylic acids is 1. The van der Waals surface area contributed by atoms with E-state index < -0.39 is 53.1 Å². The van der Waals surface area contributed by atoms with Crippen molar-refractivity contribution in [3.05, 3.63) is 74.7 Å². The molecule has 0 aliphatic carbocycles. The highest BCUT2D eigenvalue weighted by molar-refractivity contribution is 9.10. The number of nitrogens with one attached hydrogen (secondary N) is 1. The van der Waals surface area contributed by atoms with Crippen LogP contribution in [0.4, 0.5) is 8.78 Å². The first-order chi connectivity index (χ1) is 17.9. The van der Waals surface area contributed by atoms with Gasteiger partial charge in [-0.3, -0.25) is 9.36 Å². The van der Waals surface area contributed by atoms with Crippen molar-refractivity contribution in [2.75, 3.05) is 6.26 Å². The van der Waals surface area contributed by atoms with E-state index in [4.69, 9.17) is 0 Å². The van der Waals surface area contributed by atoms with Crippen LogP contribution in [-0.2, 0) is 40.9 Å². The Morgan fingerprint density at radius 2 is 1.77 bits per heavy atom. The molecule has 0 spiro atoms. The number of carbonyl (C=O) groups is 1. The molecule has 1 unspecified atom stereocenters. The van der Waals surface area contributed by atoms with Gasteiger partial charge >= 0.3 is 32.2 Å². The van der Waals surface area contributed by atoms with E-state index in [0.29, 0.717) is 16.8 Å². The Morgan fingerprint density at radius 1 is 1.15 bits per heavy atom. The van der Waals surface area contributed by atoms with Crippen LogP contribution >= 0.6 is 24.6 Å². The molecule has 0 saturated carbocycles. The molecule has 15 heteroatoms. The van der Waals surface area contributed by atoms with E-state index in [0.717, 1.165) is 12.3 Å². The van der Waals surface area contributed by atoms with Gasteiger partial charge in [-0.15, -0.1) is 0 Å². The van der Waals surface area contributed by atoms with Gasteiger partial charge in [0, 0.05) is 22.5 Å². The molecule has 3 rings (SSSR count). The average Bonchev–Trinajstić information content (AvgIpc) is 3.17. The molecule has 2 N–H and O–H groups in total. The minimum absolute atomic E-state index is 0.0745. The molecule has 0 amide bonds. The minimum atomic E-state index is -4.39. The maximum absolute atomic E-state index is 15.4. The molecule has 0 aliphatic heterocycles. The fourth-order valence-corrected chi connectivity index (χ4v) is 4.96. The third-order valence-electron chi connectivity index (χ3n) is 5.56. The topological polar surface area (TPSA) is 145 Å². The van der Waals surface area contributed by atoms with Crippen LogP contribution in [0.25, 0.3) is 11.3 Å². The second-order valence-electron chi connectivity index (χ2n) is 9.64. The first-order valence-electron chi connectivity index (χ1n) is 11.1. The first kappa shape index (κ1) is 30.8. The van der Waals surface area contributed by atoms with Gasteiger partial charge in [-0.05, 0) is 50.1 Å². The van der Waals surface area contributed by atoms with Gasteiger partial charge in [0.25, 0.3) is 0 Å². The summed E-state index contributed by atoms with van der Waals surface area (Å²) in [5, 5.41) is 10.5. The molecule has 0 radical (unpaired) electrons. The lowest BCUT2D eigenvalue weighted by Crippen LogP contribution is -2.52. The molecule has 3 aromatic rings. The number of aromatic amines is 1. The van der Waals surface area contributed by atoms with Crippen molar-refractivity contribution in [3.63, 3.8) is 0 Å². The molecule has 1 heterocycles. The highest BCUT2D eigenvalue weighted by Crippen LogP contribution is 2.46. The zero-order valence-corrected chi connectivity index (χ0v) is 24.4. The zero-order valence-electron chi connectivity index (χ0n) is 21.1. The van der Waals surface area contributed by atoms with E-state index in [2.05, 4.69) is 30.2 Å². The fraction of sp³-hybridized carbons (Fsp3) is 0.333. The highest BCUT2D eigenvalue weighted by atomic mass is 79.9. The van der Waals surface area contributed by atoms with Gasteiger partial charge in [-0.2, -0.15) is 8.78 Å². The number of aromatic nitrogens is 2. The average molecular weight is 649 g/mol. The lowest BCUT2D eigenvalue weighted by molar-refractivity contribution is -0.397. The van der Waals surface area contributed by atoms with E-state index in [1.807, 2.05) is 0 Å². The van der Waals surface area contributed by atoms with Crippen molar-refractivity contribution in [2.24, 2.45) is 5.41 Å². The summed E-state index contributed by atoms with van der Waals surface area (Å²) >= 11 is 3.03. The van der Waals surface area contributed by atoms with Crippen LogP contribution in [-0.4, -0.2) is 41.3 Å². The van der Waals surface area contributed by atoms with Crippen molar-refractivity contribution < 1.29 is 40.9 Å². The Hall–Kier alpha value is -2.77. The van der Waals surface area contributed by atoms with E-state index in [9.17, 15) is 27.7 Å². The van der Waals surface area contributed by atoms with Gasteiger partial charge in [-0.25, -0.2) is 22.3 Å². The Bertz CT molecular complexity index is 1570. The fourth-order valence-electron chi connectivity index (χ4n) is 3.40. The summed E-state index contributed by atoms with van der Waals surface area (Å²) in [6.07, 6.45) is 2.50. The van der Waals surface area contributed by atoms with Crippen LogP contribution in [0.5, 0.6) is 0 Å². The van der Waals surface area contributed by atoms with Crippen molar-refractivity contribution >= 4 is 40.4 Å². The van der Waals surface area contributed by atoms with Gasteiger partial charge < -0.3 is 14.8 Å². The summed E-state index contributed by atoms with van der Waals surface area (Å²) in [5.74, 6) is -9.52. The number of esters is 1. The quantitative estimate of drug-likeness (QED) is 0.194. The van der Waals surface area contributed by atoms with Crippen LogP contribution in [0.2, 0.25) is 0 Å². The lowest BCUT2D eigenvalue weighted by atomic mass is 9.97. The van der Waals surface area contributed by atoms with E-state index in [1.54, 1.807) is 0 Å². The van der Waals surface area contributed by atoms with Crippen LogP contribution < -0.4 is 5.69 Å². The molecule has 1 aromatic heterocycles. The van der Waals surface area contributed by atoms with Crippen LogP contribution in [0.3, 0.4) is 0 Å². The number of aliphatic hydroxyl groups is 1. The maximum Gasteiger partial charge on any atom is 0.409 e. The summed E-state index contributed by atoms with van der Waals surface area (Å²) < 4.78 is 75.3. The van der Waals surface area contributed by atoms with Crippen molar-refractivity contribution in [3.8, 4) is 11.3 Å². The SMILES string of the molecule is CC(C)(C)C(=O)OC(O)(OP=O)C(F)(F)c1ccc(Cn2c(-c3ccc(S(C)(=O)=O)cc3)c[nH]c2=O)cc1Br. The number of alkyl halides is 2. The number of H-pyrrole nitrogens is 1. The molecule has 2 aromatic carbocycles. The number of ether oxygens (including phenoxy) is 1. The van der Waals surface area contributed by atoms with Crippen LogP contribution in [0, 0.1) is 5.41 Å². The van der Waals surface area contributed by atoms with E-state index in [1.165, 1.54) is 67.9 Å². The molecule has 1 atom stereocenters. The number of rotatable bonds is 9. The Labute approximate surface area is 232 Å². The van der Waals surface area contributed by atoms with Crippen LogP contribution in [0.1, 0.15) is 31.9 Å². The molecular weight excluding hydrogens is 625 g/mol. The summed E-state index contributed by atoms with van der Waals surface area (Å²) in [7, 11) is -4.78. The monoisotopic (exact) mass is 648 g/mol. The summed E-state index contributed by atoms with van der Waals surface area (Å²) in [6, 6.07) is 9.31. The second kappa shape index (κ2) is 11.0. The van der Waals surface area contributed by atoms with Gasteiger partial charge in [0.2, 0.25) is 0 Å². The Kier molecular flexibility index (Phi) is 8.69. The predicted octanol–water partition coefficient (Wildman–Crippen LogP) is 4.61. The minimum Gasteiger partial charge on any atom is -0.402 e. The van der Waals surface area contributed by atoms with Crippen molar-refractivity contribution in [1.82, 2.24) is 9.55 Å². The van der Waals surface area contributed by atoms with Crippen molar-refractivity contribution in [1.29, 1.82) is 0 Å². The third kappa shape index (κ3) is 6.52. The summed E-state index contributed by atoms with van der Waals surface area (Å²) in [4.78, 5) is 27.4. The Morgan fingerprint density at radius 3 is 2.28 bits per heavy atom. The zero-order chi connectivity index (χ0) is 29.4. The molecule has 39 heavy (non-hydrogen) atoms. The summed E-state index contributed by atoms with van der Waals surface area (Å²) in [6.45, 7) is 4.02. The van der Waals surface area contributed by atoms with Gasteiger partial charge in [0.05, 0.1) is 22.5 Å². The number of imidazole rings is 1. The largest absolute Gasteiger partial charge is 0.409 e. The first-order valence-corrected chi connectivity index (χ1v) is 14.5. The molecule has 10 nitrogen and oxygen atoms in total. The smallest absolute Gasteiger partial charge is 0.402 e. The second-order valence-corrected chi connectivity index (χ2v) is 12.8. The Balaban J connectivity index is 1.96. The molecule has 0 fully saturated rings. The number of benzene rings is 2. The van der Waals surface area contributed by atoms with Crippen molar-refractivity contribution in [2.45, 2.75) is 44.1 Å². The molecule has 0 aliphatic rings.